The van der Waals surface area contributed by atoms with Gasteiger partial charge in [-0.3, -0.25) is 0 Å². The van der Waals surface area contributed by atoms with E-state index in [0.717, 1.165) is 0 Å². The van der Waals surface area contributed by atoms with Gasteiger partial charge in [0.1, 0.15) is 0 Å². The topological polar surface area (TPSA) is 57.5 Å². The quantitative estimate of drug-likeness (QED) is 0.412. The minimum absolute atomic E-state index is 0. The first-order chi connectivity index (χ1) is 1.73. The first kappa shape index (κ1) is 22.5. The van der Waals surface area contributed by atoms with Gasteiger partial charge in [-0.15, -0.1) is 0 Å². The van der Waals surface area contributed by atoms with Crippen LogP contribution in [0.3, 0.4) is 0 Å². The summed E-state index contributed by atoms with van der Waals surface area (Å²) in [5.41, 5.74) is 0. The van der Waals surface area contributed by atoms with Crippen LogP contribution < -0.4 is 0 Å². The van der Waals surface area contributed by atoms with Gasteiger partial charge in [0.05, 0.1) is 0 Å². The summed E-state index contributed by atoms with van der Waals surface area (Å²) in [5, 5.41) is 13.9. The van der Waals surface area contributed by atoms with Gasteiger partial charge in [0.25, 0.3) is 0 Å². The molecule has 0 aromatic carbocycles. The van der Waals surface area contributed by atoms with Crippen molar-refractivity contribution in [1.82, 2.24) is 0 Å². The number of hydrogen-bond acceptors (Lipinski definition) is 1. The van der Waals surface area contributed by atoms with Crippen LogP contribution in [0, 0.1) is 0 Å². The van der Waals surface area contributed by atoms with E-state index in [2.05, 4.69) is 0 Å². The maximum atomic E-state index is 8.56. The molecule has 0 aromatic heterocycles. The van der Waals surface area contributed by atoms with Crippen molar-refractivity contribution < 1.29 is 15.0 Å². The molecule has 0 aliphatic carbocycles. The molecule has 0 heterocycles. The molecule has 36 valence electrons. The summed E-state index contributed by atoms with van der Waals surface area (Å²) in [4.78, 5) is 8.56. The third kappa shape index (κ3) is 48.4. The van der Waals surface area contributed by atoms with Gasteiger partial charge in [-0.1, -0.05) is 0 Å². The molecular weight excluding hydrogens is 180 g/mol. The van der Waals surface area contributed by atoms with Crippen molar-refractivity contribution in [3.8, 4) is 0 Å². The summed E-state index contributed by atoms with van der Waals surface area (Å²) in [6, 6.07) is 0. The molecule has 0 radical (unpaired) electrons. The maximum absolute atomic E-state index is 8.56. The van der Waals surface area contributed by atoms with Crippen LogP contribution in [0.5, 0.6) is 0 Å². The molecule has 0 rings (SSSR count). The summed E-state index contributed by atoms with van der Waals surface area (Å²) < 4.78 is 0. The molecule has 0 aliphatic heterocycles. The molecular formula is CH8Ca3O3. The number of hydrogen-bond donors (Lipinski definition) is 2. The van der Waals surface area contributed by atoms with Crippen LogP contribution in [-0.4, -0.2) is 130 Å². The predicted octanol–water partition coefficient (Wildman–Crippen LogP) is -2.53. The van der Waals surface area contributed by atoms with Crippen LogP contribution in [0.4, 0.5) is 4.79 Å². The van der Waals surface area contributed by atoms with Crippen LogP contribution >= 0.6 is 0 Å². The summed E-state index contributed by atoms with van der Waals surface area (Å²) in [6.45, 7) is 0. The molecule has 7 heavy (non-hydrogen) atoms. The third-order valence-corrected chi connectivity index (χ3v) is 0. The van der Waals surface area contributed by atoms with Crippen LogP contribution in [0.25, 0.3) is 0 Å². The Labute approximate surface area is 131 Å². The average molecular weight is 188 g/mol. The zero-order chi connectivity index (χ0) is 3.58. The van der Waals surface area contributed by atoms with Gasteiger partial charge in [0.2, 0.25) is 0 Å². The van der Waals surface area contributed by atoms with Crippen molar-refractivity contribution in [1.29, 1.82) is 0 Å². The Balaban J connectivity index is -0.0000000150. The third-order valence-electron chi connectivity index (χ3n) is 0. The Morgan fingerprint density at radius 1 is 1.00 bits per heavy atom. The summed E-state index contributed by atoms with van der Waals surface area (Å²) >= 11 is 0. The van der Waals surface area contributed by atoms with Crippen LogP contribution in [0.1, 0.15) is 0 Å². The van der Waals surface area contributed by atoms with Gasteiger partial charge in [-0.2, -0.15) is 0 Å². The van der Waals surface area contributed by atoms with Crippen LogP contribution in [0.2, 0.25) is 0 Å². The van der Waals surface area contributed by atoms with E-state index in [1.165, 1.54) is 0 Å². The van der Waals surface area contributed by atoms with E-state index in [-0.39, 0.29) is 113 Å². The SMILES string of the molecule is O=C(O)O.[CaH2].[CaH2].[CaH2]. The summed E-state index contributed by atoms with van der Waals surface area (Å²) in [5.74, 6) is 0. The predicted molar refractivity (Wildman–Crippen MR) is 36.3 cm³/mol. The van der Waals surface area contributed by atoms with Crippen molar-refractivity contribution in [2.24, 2.45) is 0 Å². The Morgan fingerprint density at radius 2 is 1.00 bits per heavy atom. The molecule has 0 saturated carbocycles. The van der Waals surface area contributed by atoms with E-state index in [4.69, 9.17) is 15.0 Å². The normalized spacial score (nSPS) is 3.43. The van der Waals surface area contributed by atoms with Gasteiger partial charge >= 0.3 is 119 Å². The van der Waals surface area contributed by atoms with E-state index in [1.807, 2.05) is 0 Å². The fourth-order valence-electron chi connectivity index (χ4n) is 0. The van der Waals surface area contributed by atoms with E-state index in [9.17, 15) is 0 Å². The van der Waals surface area contributed by atoms with E-state index in [1.54, 1.807) is 0 Å². The molecule has 2 N–H and O–H groups in total. The molecule has 0 saturated heterocycles. The van der Waals surface area contributed by atoms with Gasteiger partial charge < -0.3 is 10.2 Å². The molecule has 0 aromatic rings. The van der Waals surface area contributed by atoms with E-state index in [0.29, 0.717) is 0 Å². The first-order valence-electron chi connectivity index (χ1n) is 0.651. The minimum atomic E-state index is -1.83. The molecule has 0 bridgehead atoms. The molecule has 0 unspecified atom stereocenters. The standard InChI is InChI=1S/CH2O3.3Ca.6H/c2-1(3)4;;;;;;;;;/h(H2,2,3,4);;;;;;;;;. The fourth-order valence-corrected chi connectivity index (χ4v) is 0. The van der Waals surface area contributed by atoms with Crippen molar-refractivity contribution in [3.05, 3.63) is 0 Å². The van der Waals surface area contributed by atoms with Crippen LogP contribution in [0.15, 0.2) is 0 Å². The Morgan fingerprint density at radius 3 is 1.00 bits per heavy atom. The molecule has 0 amide bonds. The second-order valence-corrected chi connectivity index (χ2v) is 0.283. The average Bonchev–Trinajstić information content (AvgIpc) is 0.811. The zero-order valence-electron chi connectivity index (χ0n) is 1.80. The number of carboxylic acid groups (broad SMARTS) is 2. The Hall–Kier alpha value is 3.05. The van der Waals surface area contributed by atoms with E-state index < -0.39 is 6.16 Å². The van der Waals surface area contributed by atoms with Gasteiger partial charge in [-0.05, 0) is 0 Å². The number of carbonyl (C=O) groups is 1. The van der Waals surface area contributed by atoms with Gasteiger partial charge in [0.15, 0.2) is 0 Å². The molecule has 0 aliphatic rings. The monoisotopic (exact) mass is 188 g/mol. The fraction of sp³-hybridized carbons (Fsp3) is 0. The first-order valence-corrected chi connectivity index (χ1v) is 0.651. The van der Waals surface area contributed by atoms with Gasteiger partial charge in [0, 0.05) is 0 Å². The molecule has 6 heteroatoms. The Bertz CT molecular complexity index is 33.2. The van der Waals surface area contributed by atoms with Crippen molar-refractivity contribution >= 4 is 119 Å². The van der Waals surface area contributed by atoms with Crippen molar-refractivity contribution in [3.63, 3.8) is 0 Å². The van der Waals surface area contributed by atoms with E-state index >= 15 is 0 Å². The molecule has 0 atom stereocenters. The second kappa shape index (κ2) is 16.0. The summed E-state index contributed by atoms with van der Waals surface area (Å²) in [6.07, 6.45) is -1.83. The second-order valence-electron chi connectivity index (χ2n) is 0.283. The molecule has 0 fully saturated rings. The molecule has 0 spiro atoms. The Kier molecular flexibility index (Phi) is 51.5. The summed E-state index contributed by atoms with van der Waals surface area (Å²) in [7, 11) is 0. The van der Waals surface area contributed by atoms with Gasteiger partial charge in [-0.25, -0.2) is 4.79 Å². The van der Waals surface area contributed by atoms with Crippen molar-refractivity contribution in [2.45, 2.75) is 0 Å². The number of rotatable bonds is 0. The zero-order valence-corrected chi connectivity index (χ0v) is 1.80. The van der Waals surface area contributed by atoms with Crippen LogP contribution in [-0.2, 0) is 0 Å². The molecule has 3 nitrogen and oxygen atoms in total. The van der Waals surface area contributed by atoms with Crippen molar-refractivity contribution in [2.75, 3.05) is 0 Å².